The Balaban J connectivity index is 0.000000241. The molecule has 0 amide bonds. The molecule has 1 radical (unpaired) electrons. The molecule has 2 aromatic carbocycles. The second-order valence-electron chi connectivity index (χ2n) is 5.16. The van der Waals surface area contributed by atoms with Crippen LogP contribution in [0.25, 0.3) is 22.5 Å². The van der Waals surface area contributed by atoms with E-state index in [4.69, 9.17) is 0 Å². The summed E-state index contributed by atoms with van der Waals surface area (Å²) in [6, 6.07) is 32.2. The Hall–Kier alpha value is -2.18. The standard InChI is InChI=1S/2C11H9N.Ir.H3P/c2*1-2-6-10(7-3-1)11-8-4-5-9-12-11;;/h2*1-9H;;1H3. The summed E-state index contributed by atoms with van der Waals surface area (Å²) in [6.07, 6.45) is 3.62. The first kappa shape index (κ1) is 21.9. The minimum atomic E-state index is 0. The summed E-state index contributed by atoms with van der Waals surface area (Å²) in [6.45, 7) is 0. The molecule has 2 aromatic heterocycles. The Kier molecular flexibility index (Phi) is 10.3. The summed E-state index contributed by atoms with van der Waals surface area (Å²) in [7, 11) is 0. The van der Waals surface area contributed by atoms with Crippen LogP contribution in [-0.2, 0) is 20.1 Å². The van der Waals surface area contributed by atoms with Gasteiger partial charge in [0, 0.05) is 43.6 Å². The minimum Gasteiger partial charge on any atom is -0.256 e. The molecule has 133 valence electrons. The molecule has 0 bridgehead atoms. The maximum absolute atomic E-state index is 4.25. The van der Waals surface area contributed by atoms with Gasteiger partial charge in [0.05, 0.1) is 11.4 Å². The monoisotopic (exact) mass is 537 g/mol. The van der Waals surface area contributed by atoms with Crippen molar-refractivity contribution in [3.05, 3.63) is 109 Å². The van der Waals surface area contributed by atoms with Gasteiger partial charge in [-0.25, -0.2) is 0 Å². The molecule has 0 saturated heterocycles. The first-order chi connectivity index (χ1) is 11.9. The summed E-state index contributed by atoms with van der Waals surface area (Å²) in [4.78, 5) is 8.50. The summed E-state index contributed by atoms with van der Waals surface area (Å²) < 4.78 is 0. The smallest absolute Gasteiger partial charge is 0.0701 e. The summed E-state index contributed by atoms with van der Waals surface area (Å²) >= 11 is 0. The molecule has 0 saturated carbocycles. The molecule has 4 heteroatoms. The van der Waals surface area contributed by atoms with E-state index in [1.807, 2.05) is 85.2 Å². The zero-order valence-electron chi connectivity index (χ0n) is 14.3. The molecule has 0 N–H and O–H groups in total. The number of hydrogen-bond donors (Lipinski definition) is 0. The Bertz CT molecular complexity index is 692. The molecule has 0 aliphatic rings. The molecule has 2 nitrogen and oxygen atoms in total. The fraction of sp³-hybridized carbons (Fsp3) is 0. The molecular formula is C22H21IrN2P. The zero-order chi connectivity index (χ0) is 16.5. The Morgan fingerprint density at radius 3 is 1.08 bits per heavy atom. The van der Waals surface area contributed by atoms with Crippen LogP contribution >= 0.6 is 9.90 Å². The van der Waals surface area contributed by atoms with Crippen LogP contribution in [0.2, 0.25) is 0 Å². The molecule has 0 spiro atoms. The van der Waals surface area contributed by atoms with Crippen LogP contribution in [0.5, 0.6) is 0 Å². The Morgan fingerprint density at radius 1 is 0.423 bits per heavy atom. The van der Waals surface area contributed by atoms with Gasteiger partial charge < -0.3 is 0 Å². The van der Waals surface area contributed by atoms with Gasteiger partial charge in [-0.1, -0.05) is 72.8 Å². The third-order valence-corrected chi connectivity index (χ3v) is 3.47. The summed E-state index contributed by atoms with van der Waals surface area (Å²) in [5.74, 6) is 0. The number of benzene rings is 2. The first-order valence-corrected chi connectivity index (χ1v) is 7.86. The van der Waals surface area contributed by atoms with Crippen LogP contribution in [0.3, 0.4) is 0 Å². The summed E-state index contributed by atoms with van der Waals surface area (Å²) in [5, 5.41) is 0. The summed E-state index contributed by atoms with van der Waals surface area (Å²) in [5.41, 5.74) is 4.38. The number of aromatic nitrogens is 2. The quantitative estimate of drug-likeness (QED) is 0.314. The maximum Gasteiger partial charge on any atom is 0.0701 e. The van der Waals surface area contributed by atoms with E-state index in [1.54, 1.807) is 0 Å². The third kappa shape index (κ3) is 6.61. The van der Waals surface area contributed by atoms with Crippen molar-refractivity contribution in [2.24, 2.45) is 0 Å². The Labute approximate surface area is 171 Å². The fourth-order valence-electron chi connectivity index (χ4n) is 2.28. The van der Waals surface area contributed by atoms with E-state index in [0.717, 1.165) is 22.5 Å². The van der Waals surface area contributed by atoms with Crippen molar-refractivity contribution in [3.63, 3.8) is 0 Å². The normalized spacial score (nSPS) is 8.92. The average molecular weight is 537 g/mol. The molecule has 1 atom stereocenters. The SMILES string of the molecule is P.[Ir].c1ccc(-c2ccccn2)cc1.c1ccc(-c2ccccn2)cc1. The molecule has 0 fully saturated rings. The second kappa shape index (κ2) is 12.2. The van der Waals surface area contributed by atoms with Gasteiger partial charge in [-0.2, -0.15) is 9.90 Å². The Morgan fingerprint density at radius 2 is 0.769 bits per heavy atom. The van der Waals surface area contributed by atoms with Crippen molar-refractivity contribution < 1.29 is 20.1 Å². The van der Waals surface area contributed by atoms with E-state index in [-0.39, 0.29) is 30.0 Å². The van der Waals surface area contributed by atoms with Gasteiger partial charge in [-0.15, -0.1) is 0 Å². The van der Waals surface area contributed by atoms with Gasteiger partial charge in [0.15, 0.2) is 0 Å². The van der Waals surface area contributed by atoms with Crippen molar-refractivity contribution in [1.82, 2.24) is 9.97 Å². The van der Waals surface area contributed by atoms with Gasteiger partial charge >= 0.3 is 0 Å². The number of nitrogens with zero attached hydrogens (tertiary/aromatic N) is 2. The maximum atomic E-state index is 4.25. The average Bonchev–Trinajstić information content (AvgIpc) is 2.71. The molecule has 0 aliphatic heterocycles. The number of rotatable bonds is 2. The molecule has 1 unspecified atom stereocenters. The molecule has 26 heavy (non-hydrogen) atoms. The van der Waals surface area contributed by atoms with Crippen molar-refractivity contribution in [2.75, 3.05) is 0 Å². The minimum absolute atomic E-state index is 0. The van der Waals surface area contributed by atoms with Crippen LogP contribution < -0.4 is 0 Å². The first-order valence-electron chi connectivity index (χ1n) is 7.86. The van der Waals surface area contributed by atoms with Crippen molar-refractivity contribution >= 4 is 9.90 Å². The third-order valence-electron chi connectivity index (χ3n) is 3.47. The van der Waals surface area contributed by atoms with E-state index >= 15 is 0 Å². The van der Waals surface area contributed by atoms with Crippen molar-refractivity contribution in [1.29, 1.82) is 0 Å². The van der Waals surface area contributed by atoms with Gasteiger partial charge in [-0.05, 0) is 24.3 Å². The second-order valence-corrected chi connectivity index (χ2v) is 5.16. The largest absolute Gasteiger partial charge is 0.256 e. The van der Waals surface area contributed by atoms with Crippen LogP contribution in [0.15, 0.2) is 109 Å². The van der Waals surface area contributed by atoms with Crippen LogP contribution in [-0.4, -0.2) is 9.97 Å². The zero-order valence-corrected chi connectivity index (χ0v) is 18.1. The van der Waals surface area contributed by atoms with Gasteiger partial charge in [0.1, 0.15) is 0 Å². The van der Waals surface area contributed by atoms with Gasteiger partial charge in [0.25, 0.3) is 0 Å². The molecular weight excluding hydrogens is 515 g/mol. The molecule has 4 aromatic rings. The van der Waals surface area contributed by atoms with Gasteiger partial charge in [-0.3, -0.25) is 9.97 Å². The predicted molar refractivity (Wildman–Crippen MR) is 110 cm³/mol. The van der Waals surface area contributed by atoms with Gasteiger partial charge in [0.2, 0.25) is 0 Å². The number of pyridine rings is 2. The van der Waals surface area contributed by atoms with E-state index < -0.39 is 0 Å². The molecule has 2 heterocycles. The van der Waals surface area contributed by atoms with Crippen LogP contribution in [0.4, 0.5) is 0 Å². The van der Waals surface area contributed by atoms with E-state index in [2.05, 4.69) is 34.2 Å². The van der Waals surface area contributed by atoms with Crippen LogP contribution in [0.1, 0.15) is 0 Å². The topological polar surface area (TPSA) is 25.8 Å². The van der Waals surface area contributed by atoms with Crippen LogP contribution in [0, 0.1) is 0 Å². The van der Waals surface area contributed by atoms with Crippen molar-refractivity contribution in [3.8, 4) is 22.5 Å². The molecule has 4 rings (SSSR count). The van der Waals surface area contributed by atoms with Crippen molar-refractivity contribution in [2.45, 2.75) is 0 Å². The molecule has 0 aliphatic carbocycles. The fourth-order valence-corrected chi connectivity index (χ4v) is 2.28. The number of hydrogen-bond acceptors (Lipinski definition) is 2. The van der Waals surface area contributed by atoms with E-state index in [9.17, 15) is 0 Å². The predicted octanol–water partition coefficient (Wildman–Crippen LogP) is 5.55. The van der Waals surface area contributed by atoms with E-state index in [0.29, 0.717) is 0 Å². The van der Waals surface area contributed by atoms with E-state index in [1.165, 1.54) is 0 Å².